The van der Waals surface area contributed by atoms with Crippen LogP contribution in [0.25, 0.3) is 10.8 Å². The van der Waals surface area contributed by atoms with Crippen LogP contribution in [0, 0.1) is 0 Å². The third-order valence-electron chi connectivity index (χ3n) is 4.31. The van der Waals surface area contributed by atoms with E-state index >= 15 is 0 Å². The molecule has 0 saturated heterocycles. The zero-order valence-electron chi connectivity index (χ0n) is 16.0. The van der Waals surface area contributed by atoms with Crippen molar-refractivity contribution in [3.8, 4) is 0 Å². The van der Waals surface area contributed by atoms with E-state index in [0.717, 1.165) is 15.9 Å². The number of hydrogen-bond acceptors (Lipinski definition) is 5. The summed E-state index contributed by atoms with van der Waals surface area (Å²) in [5, 5.41) is 14.5. The van der Waals surface area contributed by atoms with E-state index in [2.05, 4.69) is 10.5 Å². The summed E-state index contributed by atoms with van der Waals surface area (Å²) in [6.45, 7) is -0.481. The molecule has 0 aliphatic carbocycles. The van der Waals surface area contributed by atoms with E-state index in [-0.39, 0.29) is 5.56 Å². The summed E-state index contributed by atoms with van der Waals surface area (Å²) in [4.78, 5) is 23.6. The molecule has 0 unspecified atom stereocenters. The highest BCUT2D eigenvalue weighted by molar-refractivity contribution is 7.92. The fraction of sp³-hybridized carbons (Fsp3) is 0.0952. The Balaban J connectivity index is 1.82. The highest BCUT2D eigenvalue weighted by Gasteiger charge is 2.22. The van der Waals surface area contributed by atoms with Gasteiger partial charge in [-0.05, 0) is 17.5 Å². The normalized spacial score (nSPS) is 11.5. The van der Waals surface area contributed by atoms with Crippen LogP contribution in [-0.4, -0.2) is 44.4 Å². The van der Waals surface area contributed by atoms with Gasteiger partial charge in [-0.15, -0.1) is 0 Å². The number of hydrogen-bond donors (Lipinski definition) is 2. The lowest BCUT2D eigenvalue weighted by molar-refractivity contribution is -0.119. The molecule has 0 aliphatic heterocycles. The Kier molecular flexibility index (Phi) is 6.12. The number of carboxylic acid groups (broad SMARTS) is 1. The number of amides is 1. The van der Waals surface area contributed by atoms with E-state index in [4.69, 9.17) is 0 Å². The van der Waals surface area contributed by atoms with Gasteiger partial charge in [-0.2, -0.15) is 5.10 Å². The molecule has 9 heteroatoms. The van der Waals surface area contributed by atoms with Crippen molar-refractivity contribution in [2.75, 3.05) is 17.1 Å². The van der Waals surface area contributed by atoms with Crippen LogP contribution in [0.1, 0.15) is 15.9 Å². The maximum absolute atomic E-state index is 12.4. The third-order valence-corrected chi connectivity index (χ3v) is 5.43. The lowest BCUT2D eigenvalue weighted by atomic mass is 10.1. The predicted molar refractivity (Wildman–Crippen MR) is 115 cm³/mol. The Bertz CT molecular complexity index is 1230. The first-order valence-electron chi connectivity index (χ1n) is 8.87. The molecule has 1 amide bonds. The Labute approximate surface area is 173 Å². The Morgan fingerprint density at radius 3 is 2.43 bits per heavy atom. The van der Waals surface area contributed by atoms with Gasteiger partial charge in [0, 0.05) is 10.9 Å². The number of aromatic carboxylic acids is 1. The summed E-state index contributed by atoms with van der Waals surface area (Å²) in [5.41, 5.74) is 2.97. The molecule has 154 valence electrons. The van der Waals surface area contributed by atoms with Crippen molar-refractivity contribution in [3.63, 3.8) is 0 Å². The maximum Gasteiger partial charge on any atom is 0.336 e. The third kappa shape index (κ3) is 4.81. The maximum atomic E-state index is 12.4. The number of anilines is 1. The molecule has 0 heterocycles. The summed E-state index contributed by atoms with van der Waals surface area (Å²) in [6.07, 6.45) is 2.22. The van der Waals surface area contributed by atoms with Crippen LogP contribution < -0.4 is 9.73 Å². The number of sulfonamides is 1. The Morgan fingerprint density at radius 1 is 1.03 bits per heavy atom. The number of fused-ring (bicyclic) bond motifs is 1. The molecule has 0 spiro atoms. The van der Waals surface area contributed by atoms with E-state index < -0.39 is 28.4 Å². The van der Waals surface area contributed by atoms with Gasteiger partial charge < -0.3 is 5.11 Å². The standard InChI is InChI=1S/C21H19N3O5S/c1-30(28,29)24(19-12-6-9-15-7-2-4-10-17(15)19)14-20(25)23-22-13-16-8-3-5-11-18(16)21(26)27/h2-13H,14H2,1H3,(H,23,25)(H,26,27)/b22-13-. The molecule has 0 radical (unpaired) electrons. The van der Waals surface area contributed by atoms with Crippen LogP contribution in [0.2, 0.25) is 0 Å². The first kappa shape index (κ1) is 21.0. The number of rotatable bonds is 7. The topological polar surface area (TPSA) is 116 Å². The zero-order valence-corrected chi connectivity index (χ0v) is 16.8. The summed E-state index contributed by atoms with van der Waals surface area (Å²) in [7, 11) is -3.76. The molecule has 0 bridgehead atoms. The predicted octanol–water partition coefficient (Wildman–Crippen LogP) is 2.45. The minimum absolute atomic E-state index is 0.0315. The lowest BCUT2D eigenvalue weighted by Crippen LogP contribution is -2.39. The highest BCUT2D eigenvalue weighted by atomic mass is 32.2. The van der Waals surface area contributed by atoms with Crippen LogP contribution in [-0.2, 0) is 14.8 Å². The van der Waals surface area contributed by atoms with Gasteiger partial charge in [-0.1, -0.05) is 54.6 Å². The number of benzene rings is 3. The van der Waals surface area contributed by atoms with Gasteiger partial charge in [0.1, 0.15) is 6.54 Å². The minimum Gasteiger partial charge on any atom is -0.478 e. The molecule has 0 aliphatic rings. The van der Waals surface area contributed by atoms with Crippen LogP contribution in [0.3, 0.4) is 0 Å². The Hall–Kier alpha value is -3.72. The summed E-state index contributed by atoms with van der Waals surface area (Å²) >= 11 is 0. The fourth-order valence-corrected chi connectivity index (χ4v) is 3.82. The van der Waals surface area contributed by atoms with Crippen LogP contribution in [0.15, 0.2) is 71.8 Å². The number of carbonyl (C=O) groups excluding carboxylic acids is 1. The average molecular weight is 425 g/mol. The molecule has 0 saturated carbocycles. The van der Waals surface area contributed by atoms with Crippen molar-refractivity contribution >= 4 is 44.6 Å². The molecule has 8 nitrogen and oxygen atoms in total. The average Bonchev–Trinajstić information content (AvgIpc) is 2.71. The second-order valence-electron chi connectivity index (χ2n) is 6.45. The second kappa shape index (κ2) is 8.75. The molecule has 30 heavy (non-hydrogen) atoms. The van der Waals surface area contributed by atoms with Crippen molar-refractivity contribution in [2.45, 2.75) is 0 Å². The highest BCUT2D eigenvalue weighted by Crippen LogP contribution is 2.28. The number of nitrogens with one attached hydrogen (secondary N) is 1. The summed E-state index contributed by atoms with van der Waals surface area (Å²) in [5.74, 6) is -1.79. The molecule has 0 aromatic heterocycles. The van der Waals surface area contributed by atoms with Crippen molar-refractivity contribution in [1.82, 2.24) is 5.43 Å². The minimum atomic E-state index is -3.76. The number of nitrogens with zero attached hydrogens (tertiary/aromatic N) is 2. The van der Waals surface area contributed by atoms with E-state index in [0.29, 0.717) is 16.6 Å². The molecular formula is C21H19N3O5S. The quantitative estimate of drug-likeness (QED) is 0.446. The van der Waals surface area contributed by atoms with Crippen molar-refractivity contribution < 1.29 is 23.1 Å². The van der Waals surface area contributed by atoms with Gasteiger partial charge in [-0.3, -0.25) is 9.10 Å². The molecule has 0 atom stereocenters. The Morgan fingerprint density at radius 2 is 1.70 bits per heavy atom. The fourth-order valence-electron chi connectivity index (χ4n) is 2.95. The first-order valence-corrected chi connectivity index (χ1v) is 10.7. The van der Waals surface area contributed by atoms with E-state index in [1.54, 1.807) is 36.4 Å². The molecule has 3 aromatic carbocycles. The van der Waals surface area contributed by atoms with Crippen molar-refractivity contribution in [2.24, 2.45) is 5.10 Å². The molecule has 0 fully saturated rings. The van der Waals surface area contributed by atoms with E-state index in [1.807, 2.05) is 18.2 Å². The van der Waals surface area contributed by atoms with Gasteiger partial charge in [-0.25, -0.2) is 18.6 Å². The van der Waals surface area contributed by atoms with Crippen LogP contribution >= 0.6 is 0 Å². The SMILES string of the molecule is CS(=O)(=O)N(CC(=O)N/N=C\c1ccccc1C(=O)O)c1cccc2ccccc12. The molecular weight excluding hydrogens is 406 g/mol. The van der Waals surface area contributed by atoms with Crippen LogP contribution in [0.5, 0.6) is 0 Å². The molecule has 2 N–H and O–H groups in total. The first-order chi connectivity index (χ1) is 14.3. The number of carboxylic acids is 1. The van der Waals surface area contributed by atoms with Gasteiger partial charge in [0.2, 0.25) is 10.0 Å². The van der Waals surface area contributed by atoms with E-state index in [9.17, 15) is 23.1 Å². The zero-order chi connectivity index (χ0) is 21.7. The van der Waals surface area contributed by atoms with Crippen LogP contribution in [0.4, 0.5) is 5.69 Å². The van der Waals surface area contributed by atoms with Crippen molar-refractivity contribution in [1.29, 1.82) is 0 Å². The smallest absolute Gasteiger partial charge is 0.336 e. The van der Waals surface area contributed by atoms with Gasteiger partial charge in [0.25, 0.3) is 5.91 Å². The van der Waals surface area contributed by atoms with Gasteiger partial charge in [0.05, 0.1) is 23.7 Å². The van der Waals surface area contributed by atoms with Gasteiger partial charge >= 0.3 is 5.97 Å². The molecule has 3 rings (SSSR count). The van der Waals surface area contributed by atoms with Gasteiger partial charge in [0.15, 0.2) is 0 Å². The lowest BCUT2D eigenvalue weighted by Gasteiger charge is -2.23. The summed E-state index contributed by atoms with van der Waals surface area (Å²) in [6, 6.07) is 18.6. The monoisotopic (exact) mass is 425 g/mol. The van der Waals surface area contributed by atoms with Crippen molar-refractivity contribution in [3.05, 3.63) is 77.9 Å². The number of hydrazone groups is 1. The van der Waals surface area contributed by atoms with E-state index in [1.165, 1.54) is 18.3 Å². The number of carbonyl (C=O) groups is 2. The molecule has 3 aromatic rings. The second-order valence-corrected chi connectivity index (χ2v) is 8.36. The largest absolute Gasteiger partial charge is 0.478 e. The summed E-state index contributed by atoms with van der Waals surface area (Å²) < 4.78 is 25.7.